The number of carbonyl (C=O) groups excluding carboxylic acids is 1. The Hall–Kier alpha value is -3.96. The average Bonchev–Trinajstić information content (AvgIpc) is 3.53. The van der Waals surface area contributed by atoms with E-state index in [1.165, 1.54) is 33.5 Å². The molecule has 1 saturated heterocycles. The third kappa shape index (κ3) is 3.82. The molecule has 1 aromatic carbocycles. The fraction of sp³-hybridized carbons (Fsp3) is 0.231. The standard InChI is InChI=1S/C26H23FN6O3S/c1-31-16-22(15-29-31)37(35,36)32-11-9-19-12-24-18(14-30-33(24)21-7-5-20(27)6-8-21)13-26(19,17-32)25(34)23-4-2-3-10-28-23/h2-8,10,12,14-16H,9,11,13,17H2,1H3/t26-/m1/s1. The van der Waals surface area contributed by atoms with Crippen LogP contribution in [0.25, 0.3) is 11.8 Å². The van der Waals surface area contributed by atoms with Crippen LogP contribution in [0.4, 0.5) is 4.39 Å². The van der Waals surface area contributed by atoms with Gasteiger partial charge < -0.3 is 0 Å². The summed E-state index contributed by atoms with van der Waals surface area (Å²) in [5.41, 5.74) is 2.28. The molecule has 9 nitrogen and oxygen atoms in total. The summed E-state index contributed by atoms with van der Waals surface area (Å²) < 4.78 is 45.1. The summed E-state index contributed by atoms with van der Waals surface area (Å²) in [6.07, 6.45) is 8.59. The number of benzene rings is 1. The number of piperidine rings is 1. The number of carbonyl (C=O) groups is 1. The van der Waals surface area contributed by atoms with Crippen LogP contribution in [0, 0.1) is 11.2 Å². The predicted octanol–water partition coefficient (Wildman–Crippen LogP) is 3.04. The number of sulfonamides is 1. The molecule has 1 atom stereocenters. The zero-order valence-electron chi connectivity index (χ0n) is 20.0. The molecule has 0 unspecified atom stereocenters. The number of aromatic nitrogens is 5. The number of halogens is 1. The molecule has 4 heterocycles. The maximum absolute atomic E-state index is 14.1. The van der Waals surface area contributed by atoms with Gasteiger partial charge in [-0.15, -0.1) is 0 Å². The lowest BCUT2D eigenvalue weighted by Gasteiger charge is -2.44. The van der Waals surface area contributed by atoms with E-state index < -0.39 is 15.4 Å². The third-order valence-corrected chi connectivity index (χ3v) is 8.90. The molecule has 1 aliphatic heterocycles. The highest BCUT2D eigenvalue weighted by molar-refractivity contribution is 7.89. The van der Waals surface area contributed by atoms with E-state index in [-0.39, 0.29) is 41.7 Å². The normalized spacial score (nSPS) is 19.7. The van der Waals surface area contributed by atoms with Crippen molar-refractivity contribution in [3.63, 3.8) is 0 Å². The minimum atomic E-state index is -3.87. The van der Waals surface area contributed by atoms with Gasteiger partial charge in [0.15, 0.2) is 5.78 Å². The molecule has 1 aliphatic carbocycles. The van der Waals surface area contributed by atoms with Gasteiger partial charge in [-0.3, -0.25) is 14.5 Å². The lowest BCUT2D eigenvalue weighted by atomic mass is 9.65. The van der Waals surface area contributed by atoms with E-state index in [1.807, 2.05) is 6.08 Å². The van der Waals surface area contributed by atoms with Crippen molar-refractivity contribution in [1.82, 2.24) is 28.9 Å². The van der Waals surface area contributed by atoms with Crippen molar-refractivity contribution in [1.29, 1.82) is 0 Å². The van der Waals surface area contributed by atoms with E-state index >= 15 is 0 Å². The fourth-order valence-electron chi connectivity index (χ4n) is 5.23. The molecule has 1 fully saturated rings. The number of Topliss-reactive ketones (excluding diaryl/α,β-unsaturated/α-hetero) is 1. The maximum atomic E-state index is 14.1. The van der Waals surface area contributed by atoms with Gasteiger partial charge >= 0.3 is 0 Å². The van der Waals surface area contributed by atoms with Gasteiger partial charge in [-0.2, -0.15) is 14.5 Å². The lowest BCUT2D eigenvalue weighted by Crippen LogP contribution is -2.53. The third-order valence-electron chi connectivity index (χ3n) is 7.10. The molecule has 0 saturated carbocycles. The molecule has 0 spiro atoms. The van der Waals surface area contributed by atoms with Gasteiger partial charge in [0.25, 0.3) is 0 Å². The van der Waals surface area contributed by atoms with Gasteiger partial charge in [0, 0.05) is 32.5 Å². The van der Waals surface area contributed by atoms with Crippen LogP contribution in [0.2, 0.25) is 0 Å². The van der Waals surface area contributed by atoms with Crippen molar-refractivity contribution in [3.05, 3.63) is 95.6 Å². The summed E-state index contributed by atoms with van der Waals surface area (Å²) in [7, 11) is -2.21. The SMILES string of the molecule is Cn1cc(S(=O)(=O)N2CCC3=Cc4c(cnn4-c4ccc(F)cc4)C[C@@]3(C(=O)c3ccccn3)C2)cn1. The van der Waals surface area contributed by atoms with Crippen LogP contribution in [0.3, 0.4) is 0 Å². The predicted molar refractivity (Wildman–Crippen MR) is 133 cm³/mol. The molecule has 2 aliphatic rings. The van der Waals surface area contributed by atoms with Crippen molar-refractivity contribution >= 4 is 21.9 Å². The monoisotopic (exact) mass is 518 g/mol. The van der Waals surface area contributed by atoms with Gasteiger partial charge in [0.05, 0.1) is 29.2 Å². The minimum Gasteiger partial charge on any atom is -0.291 e. The summed E-state index contributed by atoms with van der Waals surface area (Å²) in [6.45, 7) is 0.201. The molecular formula is C26H23FN6O3S. The highest BCUT2D eigenvalue weighted by atomic mass is 32.2. The molecule has 0 radical (unpaired) electrons. The highest BCUT2D eigenvalue weighted by Gasteiger charge is 2.51. The second kappa shape index (κ2) is 8.56. The molecule has 11 heteroatoms. The molecule has 0 bridgehead atoms. The number of ketones is 1. The Morgan fingerprint density at radius 2 is 1.89 bits per heavy atom. The van der Waals surface area contributed by atoms with E-state index in [2.05, 4.69) is 15.2 Å². The second-order valence-electron chi connectivity index (χ2n) is 9.35. The second-order valence-corrected chi connectivity index (χ2v) is 11.3. The minimum absolute atomic E-state index is 0.0212. The first kappa shape index (κ1) is 23.4. The number of hydrogen-bond donors (Lipinski definition) is 0. The summed E-state index contributed by atoms with van der Waals surface area (Å²) in [5, 5.41) is 8.53. The topological polar surface area (TPSA) is 103 Å². The van der Waals surface area contributed by atoms with Gasteiger partial charge in [-0.1, -0.05) is 11.6 Å². The smallest absolute Gasteiger partial charge is 0.246 e. The lowest BCUT2D eigenvalue weighted by molar-refractivity contribution is 0.0770. The van der Waals surface area contributed by atoms with Gasteiger partial charge in [0.1, 0.15) is 16.4 Å². The van der Waals surface area contributed by atoms with Crippen LogP contribution < -0.4 is 0 Å². The number of nitrogens with zero attached hydrogens (tertiary/aromatic N) is 6. The van der Waals surface area contributed by atoms with Gasteiger partial charge in [-0.05, 0) is 60.9 Å². The Morgan fingerprint density at radius 1 is 1.08 bits per heavy atom. The van der Waals surface area contributed by atoms with Crippen LogP contribution >= 0.6 is 0 Å². The molecule has 188 valence electrons. The van der Waals surface area contributed by atoms with E-state index in [4.69, 9.17) is 0 Å². The Labute approximate surface area is 212 Å². The Morgan fingerprint density at radius 3 is 2.59 bits per heavy atom. The molecule has 37 heavy (non-hydrogen) atoms. The number of rotatable bonds is 5. The maximum Gasteiger partial charge on any atom is 0.246 e. The van der Waals surface area contributed by atoms with Crippen molar-refractivity contribution < 1.29 is 17.6 Å². The molecule has 3 aromatic heterocycles. The van der Waals surface area contributed by atoms with E-state index in [0.29, 0.717) is 12.1 Å². The largest absolute Gasteiger partial charge is 0.291 e. The zero-order chi connectivity index (χ0) is 25.8. The van der Waals surface area contributed by atoms with E-state index in [0.717, 1.165) is 16.8 Å². The molecule has 4 aromatic rings. The Balaban J connectivity index is 1.45. The first-order valence-electron chi connectivity index (χ1n) is 11.8. The number of fused-ring (bicyclic) bond motifs is 2. The summed E-state index contributed by atoms with van der Waals surface area (Å²) in [6, 6.07) is 11.2. The quantitative estimate of drug-likeness (QED) is 0.376. The average molecular weight is 519 g/mol. The Bertz CT molecular complexity index is 1640. The number of pyridine rings is 1. The molecule has 0 N–H and O–H groups in total. The van der Waals surface area contributed by atoms with Crippen molar-refractivity contribution in [2.24, 2.45) is 12.5 Å². The fourth-order valence-corrected chi connectivity index (χ4v) is 6.72. The van der Waals surface area contributed by atoms with Gasteiger partial charge in [0.2, 0.25) is 10.0 Å². The van der Waals surface area contributed by atoms with E-state index in [1.54, 1.807) is 54.5 Å². The van der Waals surface area contributed by atoms with E-state index in [9.17, 15) is 17.6 Å². The number of aryl methyl sites for hydroxylation is 1. The summed E-state index contributed by atoms with van der Waals surface area (Å²) in [4.78, 5) is 18.5. The van der Waals surface area contributed by atoms with Crippen LogP contribution in [-0.4, -0.2) is 56.1 Å². The molecular weight excluding hydrogens is 495 g/mol. The van der Waals surface area contributed by atoms with Crippen molar-refractivity contribution in [2.45, 2.75) is 17.7 Å². The van der Waals surface area contributed by atoms with Crippen molar-refractivity contribution in [3.8, 4) is 5.69 Å². The summed E-state index contributed by atoms with van der Waals surface area (Å²) in [5.74, 6) is -0.573. The van der Waals surface area contributed by atoms with Crippen LogP contribution in [-0.2, 0) is 23.5 Å². The first-order valence-corrected chi connectivity index (χ1v) is 13.2. The van der Waals surface area contributed by atoms with Gasteiger partial charge in [-0.25, -0.2) is 17.5 Å². The number of hydrogen-bond acceptors (Lipinski definition) is 6. The van der Waals surface area contributed by atoms with Crippen LogP contribution in [0.5, 0.6) is 0 Å². The Kier molecular flexibility index (Phi) is 5.42. The van der Waals surface area contributed by atoms with Crippen molar-refractivity contribution in [2.75, 3.05) is 13.1 Å². The zero-order valence-corrected chi connectivity index (χ0v) is 20.8. The molecule has 0 amide bonds. The summed E-state index contributed by atoms with van der Waals surface area (Å²) >= 11 is 0. The first-order chi connectivity index (χ1) is 17.8. The van der Waals surface area contributed by atoms with Crippen LogP contribution in [0.1, 0.15) is 28.2 Å². The highest BCUT2D eigenvalue weighted by Crippen LogP contribution is 2.47. The van der Waals surface area contributed by atoms with Crippen LogP contribution in [0.15, 0.2) is 77.7 Å². The molecule has 6 rings (SSSR count).